The molecule has 0 aliphatic heterocycles. The third-order valence-electron chi connectivity index (χ3n) is 2.40. The van der Waals surface area contributed by atoms with E-state index in [0.29, 0.717) is 12.1 Å². The summed E-state index contributed by atoms with van der Waals surface area (Å²) in [7, 11) is 0. The number of aryl methyl sites for hydroxylation is 1. The monoisotopic (exact) mass is 258 g/mol. The van der Waals surface area contributed by atoms with E-state index >= 15 is 0 Å². The molecule has 1 aromatic carbocycles. The molecule has 0 unspecified atom stereocenters. The molecular weight excluding hydrogens is 242 g/mol. The average Bonchev–Trinajstić information content (AvgIpc) is 2.36. The van der Waals surface area contributed by atoms with Crippen LogP contribution < -0.4 is 11.1 Å². The maximum atomic E-state index is 12.6. The SMILES string of the molecule is Nc1ccc(CCC(=O)NCC(F)(F)CO)cc1. The van der Waals surface area contributed by atoms with Crippen molar-refractivity contribution in [2.45, 2.75) is 18.8 Å². The predicted molar refractivity (Wildman–Crippen MR) is 64.2 cm³/mol. The summed E-state index contributed by atoms with van der Waals surface area (Å²) in [6.45, 7) is -2.12. The standard InChI is InChI=1S/C12H16F2N2O2/c13-12(14,8-17)7-16-11(18)6-3-9-1-4-10(15)5-2-9/h1-2,4-5,17H,3,6-8,15H2,(H,16,18). The number of aliphatic hydroxyl groups is 1. The van der Waals surface area contributed by atoms with Gasteiger partial charge >= 0.3 is 0 Å². The summed E-state index contributed by atoms with van der Waals surface area (Å²) < 4.78 is 25.3. The van der Waals surface area contributed by atoms with E-state index in [1.54, 1.807) is 24.3 Å². The number of rotatable bonds is 6. The van der Waals surface area contributed by atoms with E-state index in [-0.39, 0.29) is 6.42 Å². The first-order valence-electron chi connectivity index (χ1n) is 5.53. The number of amides is 1. The van der Waals surface area contributed by atoms with Gasteiger partial charge in [-0.2, -0.15) is 0 Å². The fraction of sp³-hybridized carbons (Fsp3) is 0.417. The van der Waals surface area contributed by atoms with Gasteiger partial charge in [0.25, 0.3) is 5.92 Å². The van der Waals surface area contributed by atoms with Crippen LogP contribution in [0, 0.1) is 0 Å². The smallest absolute Gasteiger partial charge is 0.287 e. The minimum Gasteiger partial charge on any atom is -0.399 e. The molecule has 0 aliphatic carbocycles. The van der Waals surface area contributed by atoms with Crippen molar-refractivity contribution >= 4 is 11.6 Å². The molecule has 6 heteroatoms. The highest BCUT2D eigenvalue weighted by Gasteiger charge is 2.27. The second-order valence-electron chi connectivity index (χ2n) is 4.03. The molecule has 4 N–H and O–H groups in total. The molecule has 0 aliphatic rings. The van der Waals surface area contributed by atoms with E-state index in [9.17, 15) is 13.6 Å². The number of alkyl halides is 2. The number of halogens is 2. The number of aliphatic hydroxyl groups excluding tert-OH is 1. The fourth-order valence-corrected chi connectivity index (χ4v) is 1.31. The highest BCUT2D eigenvalue weighted by molar-refractivity contribution is 5.76. The minimum atomic E-state index is -3.27. The molecular formula is C12H16F2N2O2. The fourth-order valence-electron chi connectivity index (χ4n) is 1.31. The number of carbonyl (C=O) groups is 1. The number of carbonyl (C=O) groups excluding carboxylic acids is 1. The topological polar surface area (TPSA) is 75.4 Å². The maximum Gasteiger partial charge on any atom is 0.287 e. The van der Waals surface area contributed by atoms with Crippen LogP contribution >= 0.6 is 0 Å². The molecule has 4 nitrogen and oxygen atoms in total. The van der Waals surface area contributed by atoms with Crippen LogP contribution in [-0.2, 0) is 11.2 Å². The summed E-state index contributed by atoms with van der Waals surface area (Å²) >= 11 is 0. The van der Waals surface area contributed by atoms with Crippen LogP contribution in [0.4, 0.5) is 14.5 Å². The number of benzene rings is 1. The number of anilines is 1. The van der Waals surface area contributed by atoms with Gasteiger partial charge < -0.3 is 16.2 Å². The Morgan fingerprint density at radius 1 is 1.33 bits per heavy atom. The van der Waals surface area contributed by atoms with Crippen LogP contribution in [0.1, 0.15) is 12.0 Å². The summed E-state index contributed by atoms with van der Waals surface area (Å²) in [5, 5.41) is 10.4. The number of nitrogens with two attached hydrogens (primary N) is 1. The summed E-state index contributed by atoms with van der Waals surface area (Å²) in [6.07, 6.45) is 0.572. The number of nitrogen functional groups attached to an aromatic ring is 1. The molecule has 100 valence electrons. The van der Waals surface area contributed by atoms with Crippen LogP contribution in [0.25, 0.3) is 0 Å². The number of hydrogen-bond donors (Lipinski definition) is 3. The van der Waals surface area contributed by atoms with Crippen LogP contribution in [0.2, 0.25) is 0 Å². The largest absolute Gasteiger partial charge is 0.399 e. The van der Waals surface area contributed by atoms with Crippen LogP contribution in [-0.4, -0.2) is 30.1 Å². The normalized spacial score (nSPS) is 11.3. The molecule has 1 amide bonds. The Morgan fingerprint density at radius 2 is 1.94 bits per heavy atom. The highest BCUT2D eigenvalue weighted by atomic mass is 19.3. The van der Waals surface area contributed by atoms with Crippen molar-refractivity contribution in [2.75, 3.05) is 18.9 Å². The molecule has 1 rings (SSSR count). The van der Waals surface area contributed by atoms with Gasteiger partial charge in [-0.1, -0.05) is 12.1 Å². The lowest BCUT2D eigenvalue weighted by Gasteiger charge is -2.13. The Bertz CT molecular complexity index is 394. The zero-order valence-electron chi connectivity index (χ0n) is 9.83. The van der Waals surface area contributed by atoms with Gasteiger partial charge in [-0.15, -0.1) is 0 Å². The lowest BCUT2D eigenvalue weighted by Crippen LogP contribution is -2.39. The van der Waals surface area contributed by atoms with Gasteiger partial charge in [0.15, 0.2) is 0 Å². The molecule has 0 atom stereocenters. The van der Waals surface area contributed by atoms with Gasteiger partial charge in [0.2, 0.25) is 5.91 Å². The first kappa shape index (κ1) is 14.4. The Balaban J connectivity index is 2.31. The van der Waals surface area contributed by atoms with Gasteiger partial charge in [0.05, 0.1) is 6.54 Å². The predicted octanol–water partition coefficient (Wildman–Crippen LogP) is 0.945. The van der Waals surface area contributed by atoms with Gasteiger partial charge in [-0.05, 0) is 24.1 Å². The van der Waals surface area contributed by atoms with Crippen molar-refractivity contribution in [3.8, 4) is 0 Å². The molecule has 0 heterocycles. The van der Waals surface area contributed by atoms with Gasteiger partial charge in [0.1, 0.15) is 6.61 Å². The van der Waals surface area contributed by atoms with Crippen molar-refractivity contribution < 1.29 is 18.7 Å². The third-order valence-corrected chi connectivity index (χ3v) is 2.40. The quantitative estimate of drug-likeness (QED) is 0.665. The average molecular weight is 258 g/mol. The second-order valence-corrected chi connectivity index (χ2v) is 4.03. The summed E-state index contributed by atoms with van der Waals surface area (Å²) in [5.41, 5.74) is 7.05. The molecule has 0 aromatic heterocycles. The molecule has 1 aromatic rings. The Hall–Kier alpha value is -1.69. The van der Waals surface area contributed by atoms with E-state index in [2.05, 4.69) is 5.32 Å². The van der Waals surface area contributed by atoms with Gasteiger partial charge in [0, 0.05) is 12.1 Å². The molecule has 0 fully saturated rings. The molecule has 0 saturated heterocycles. The zero-order chi connectivity index (χ0) is 13.6. The Kier molecular flexibility index (Phi) is 5.03. The first-order chi connectivity index (χ1) is 8.43. The third kappa shape index (κ3) is 5.09. The van der Waals surface area contributed by atoms with Crippen molar-refractivity contribution in [2.24, 2.45) is 0 Å². The second kappa shape index (κ2) is 6.30. The molecule has 0 bridgehead atoms. The summed E-state index contributed by atoms with van der Waals surface area (Å²) in [6, 6.07) is 7.00. The summed E-state index contributed by atoms with van der Waals surface area (Å²) in [5.74, 6) is -3.74. The lowest BCUT2D eigenvalue weighted by molar-refractivity contribution is -0.124. The van der Waals surface area contributed by atoms with Crippen molar-refractivity contribution in [1.82, 2.24) is 5.32 Å². The summed E-state index contributed by atoms with van der Waals surface area (Å²) in [4.78, 5) is 11.3. The highest BCUT2D eigenvalue weighted by Crippen LogP contribution is 2.10. The van der Waals surface area contributed by atoms with Gasteiger partial charge in [-0.3, -0.25) is 4.79 Å². The van der Waals surface area contributed by atoms with E-state index in [1.807, 2.05) is 0 Å². The maximum absolute atomic E-state index is 12.6. The number of nitrogens with one attached hydrogen (secondary N) is 1. The first-order valence-corrected chi connectivity index (χ1v) is 5.53. The van der Waals surface area contributed by atoms with Crippen LogP contribution in [0.15, 0.2) is 24.3 Å². The van der Waals surface area contributed by atoms with Crippen molar-refractivity contribution in [3.05, 3.63) is 29.8 Å². The van der Waals surface area contributed by atoms with E-state index in [1.165, 1.54) is 0 Å². The van der Waals surface area contributed by atoms with Gasteiger partial charge in [-0.25, -0.2) is 8.78 Å². The Labute approximate surface area is 104 Å². The van der Waals surface area contributed by atoms with Crippen molar-refractivity contribution in [3.63, 3.8) is 0 Å². The van der Waals surface area contributed by atoms with Crippen LogP contribution in [0.3, 0.4) is 0 Å². The Morgan fingerprint density at radius 3 is 2.50 bits per heavy atom. The molecule has 0 radical (unpaired) electrons. The van der Waals surface area contributed by atoms with Crippen molar-refractivity contribution in [1.29, 1.82) is 0 Å². The van der Waals surface area contributed by atoms with E-state index < -0.39 is 25.0 Å². The van der Waals surface area contributed by atoms with E-state index in [0.717, 1.165) is 5.56 Å². The number of hydrogen-bond acceptors (Lipinski definition) is 3. The minimum absolute atomic E-state index is 0.116. The van der Waals surface area contributed by atoms with E-state index in [4.69, 9.17) is 10.8 Å². The lowest BCUT2D eigenvalue weighted by atomic mass is 10.1. The zero-order valence-corrected chi connectivity index (χ0v) is 9.83. The molecule has 18 heavy (non-hydrogen) atoms. The molecule has 0 spiro atoms. The molecule has 0 saturated carbocycles. The van der Waals surface area contributed by atoms with Crippen LogP contribution in [0.5, 0.6) is 0 Å².